The van der Waals surface area contributed by atoms with Crippen molar-refractivity contribution in [1.82, 2.24) is 5.32 Å². The maximum Gasteiger partial charge on any atom is 0.416 e. The average molecular weight is 589 g/mol. The molecule has 0 aromatic heterocycles. The number of benzene rings is 2. The highest BCUT2D eigenvalue weighted by atomic mass is 35.5. The van der Waals surface area contributed by atoms with Crippen LogP contribution in [0.2, 0.25) is 5.02 Å². The fraction of sp³-hybridized carbons (Fsp3) is 0.538. The molecule has 1 fully saturated rings. The minimum Gasteiger partial charge on any atom is -0.373 e. The number of hydrogen-bond acceptors (Lipinski definition) is 3. The quantitative estimate of drug-likeness (QED) is 0.137. The number of hydrogen-bond donors (Lipinski definition) is 2. The van der Waals surface area contributed by atoms with Gasteiger partial charge in [-0.15, -0.1) is 11.6 Å². The molecule has 1 aliphatic rings. The van der Waals surface area contributed by atoms with Crippen LogP contribution in [0.5, 0.6) is 0 Å². The van der Waals surface area contributed by atoms with E-state index in [1.807, 2.05) is 0 Å². The summed E-state index contributed by atoms with van der Waals surface area (Å²) in [6.07, 6.45) is -11.4. The number of nitrogens with one attached hydrogen (secondary N) is 1. The van der Waals surface area contributed by atoms with Gasteiger partial charge in [-0.05, 0) is 60.7 Å². The number of anilines is 1. The predicted octanol–water partition coefficient (Wildman–Crippen LogP) is 7.62. The molecule has 3 rings (SSSR count). The highest BCUT2D eigenvalue weighted by Gasteiger charge is 2.65. The molecule has 1 saturated carbocycles. The molecular weight excluding hydrogens is 560 g/mol. The van der Waals surface area contributed by atoms with Crippen LogP contribution in [0.3, 0.4) is 0 Å². The second-order valence-electron chi connectivity index (χ2n) is 10.0. The number of aliphatic hydroxyl groups excluding tert-OH is 1. The summed E-state index contributed by atoms with van der Waals surface area (Å²) in [6.45, 7) is 4.28. The van der Waals surface area contributed by atoms with Crippen LogP contribution in [-0.2, 0) is 6.18 Å². The molecule has 0 heterocycles. The molecule has 0 spiro atoms. The summed E-state index contributed by atoms with van der Waals surface area (Å²) in [7, 11) is 1.44. The number of halogens is 9. The van der Waals surface area contributed by atoms with Crippen molar-refractivity contribution in [2.24, 2.45) is 5.92 Å². The van der Waals surface area contributed by atoms with Gasteiger partial charge in [-0.1, -0.05) is 24.6 Å². The van der Waals surface area contributed by atoms with E-state index in [0.717, 1.165) is 6.07 Å². The van der Waals surface area contributed by atoms with Crippen molar-refractivity contribution in [2.45, 2.75) is 62.5 Å². The monoisotopic (exact) mass is 588 g/mol. The van der Waals surface area contributed by atoms with E-state index >= 15 is 0 Å². The van der Waals surface area contributed by atoms with E-state index in [2.05, 4.69) is 5.32 Å². The Balaban J connectivity index is 1.88. The van der Waals surface area contributed by atoms with Crippen LogP contribution in [0.25, 0.3) is 0 Å². The van der Waals surface area contributed by atoms with Crippen LogP contribution >= 0.6 is 23.2 Å². The van der Waals surface area contributed by atoms with Gasteiger partial charge in [0.2, 0.25) is 0 Å². The molecule has 0 bridgehead atoms. The first kappa shape index (κ1) is 30.8. The molecule has 0 radical (unpaired) electrons. The Morgan fingerprint density at radius 2 is 1.76 bits per heavy atom. The average Bonchev–Trinajstić information content (AvgIpc) is 3.37. The zero-order valence-electron chi connectivity index (χ0n) is 21.1. The van der Waals surface area contributed by atoms with Gasteiger partial charge in [-0.2, -0.15) is 26.3 Å². The first-order valence-corrected chi connectivity index (χ1v) is 12.7. The number of rotatable bonds is 9. The Bertz CT molecular complexity index is 1150. The molecule has 2 N–H and O–H groups in total. The van der Waals surface area contributed by atoms with E-state index in [1.54, 1.807) is 13.8 Å². The van der Waals surface area contributed by atoms with Crippen LogP contribution in [0.15, 0.2) is 30.3 Å². The highest BCUT2D eigenvalue weighted by Crippen LogP contribution is 2.64. The van der Waals surface area contributed by atoms with Crippen LogP contribution in [-0.4, -0.2) is 42.5 Å². The lowest BCUT2D eigenvalue weighted by Gasteiger charge is -2.30. The lowest BCUT2D eigenvalue weighted by molar-refractivity contribution is -0.138. The van der Waals surface area contributed by atoms with Gasteiger partial charge in [-0.3, -0.25) is 0 Å². The normalized spacial score (nSPS) is 23.3. The molecule has 1 aliphatic carbocycles. The third kappa shape index (κ3) is 6.69. The number of nitrogens with zero attached hydrogens (tertiary/aromatic N) is 1. The fourth-order valence-corrected chi connectivity index (χ4v) is 5.63. The Labute approximate surface area is 226 Å². The summed E-state index contributed by atoms with van der Waals surface area (Å²) in [5, 5.41) is 13.7. The topological polar surface area (TPSA) is 35.5 Å². The van der Waals surface area contributed by atoms with Gasteiger partial charge in [0.05, 0.1) is 21.9 Å². The smallest absolute Gasteiger partial charge is 0.373 e. The van der Waals surface area contributed by atoms with Gasteiger partial charge in [0.1, 0.15) is 12.0 Å². The maximum absolute atomic E-state index is 13.9. The molecule has 0 saturated heterocycles. The maximum atomic E-state index is 13.9. The molecule has 212 valence electrons. The number of alkyl halides is 7. The summed E-state index contributed by atoms with van der Waals surface area (Å²) in [5.74, 6) is -2.22. The second-order valence-corrected chi connectivity index (χ2v) is 11.3. The van der Waals surface area contributed by atoms with E-state index in [0.29, 0.717) is 11.1 Å². The summed E-state index contributed by atoms with van der Waals surface area (Å²) < 4.78 is 92.8. The first-order valence-electron chi connectivity index (χ1n) is 11.9. The van der Waals surface area contributed by atoms with E-state index in [1.165, 1.54) is 43.1 Å². The second kappa shape index (κ2) is 11.0. The van der Waals surface area contributed by atoms with Crippen LogP contribution in [0.4, 0.5) is 36.4 Å². The van der Waals surface area contributed by atoms with Gasteiger partial charge in [0, 0.05) is 37.7 Å². The Morgan fingerprint density at radius 3 is 2.32 bits per heavy atom. The fourth-order valence-electron chi connectivity index (χ4n) is 5.00. The summed E-state index contributed by atoms with van der Waals surface area (Å²) in [6, 6.07) is 6.53. The summed E-state index contributed by atoms with van der Waals surface area (Å²) in [5.41, 5.74) is 0.00664. The van der Waals surface area contributed by atoms with Crippen molar-refractivity contribution in [2.75, 3.05) is 25.0 Å². The standard InChI is InChI=1S/C26H29Cl2F7N2O/c1-13(12-36-8-7-25(30,31)32)17-10-16(11-18(14(17)2)26(33,34)35)37(4)23(38)22-21(24(22,3)28)15-5-6-20(29)19(27)9-15/h5-6,9-11,13,21-23,36,38H,7-8,12H2,1-4H3/t13?,21-,22?,23+,24?/m1/s1. The first-order chi connectivity index (χ1) is 17.4. The van der Waals surface area contributed by atoms with Gasteiger partial charge < -0.3 is 15.3 Å². The lowest BCUT2D eigenvalue weighted by Crippen LogP contribution is -2.35. The molecule has 2 aromatic rings. The molecule has 3 unspecified atom stereocenters. The lowest BCUT2D eigenvalue weighted by atomic mass is 9.91. The molecule has 38 heavy (non-hydrogen) atoms. The van der Waals surface area contributed by atoms with Gasteiger partial charge in [0.25, 0.3) is 0 Å². The molecule has 12 heteroatoms. The molecule has 2 aromatic carbocycles. The predicted molar refractivity (Wildman–Crippen MR) is 134 cm³/mol. The Hall–Kier alpha value is -1.75. The highest BCUT2D eigenvalue weighted by molar-refractivity contribution is 6.31. The van der Waals surface area contributed by atoms with Crippen molar-refractivity contribution in [1.29, 1.82) is 0 Å². The van der Waals surface area contributed by atoms with Crippen LogP contribution in [0, 0.1) is 18.7 Å². The van der Waals surface area contributed by atoms with Gasteiger partial charge in [0.15, 0.2) is 0 Å². The molecule has 0 amide bonds. The Kier molecular flexibility index (Phi) is 8.93. The minimum absolute atomic E-state index is 0.0275. The van der Waals surface area contributed by atoms with Gasteiger partial charge in [-0.25, -0.2) is 4.39 Å². The molecular formula is C26H29Cl2F7N2O. The molecule has 5 atom stereocenters. The van der Waals surface area contributed by atoms with Crippen molar-refractivity contribution in [3.8, 4) is 0 Å². The van der Waals surface area contributed by atoms with E-state index in [9.17, 15) is 35.8 Å². The summed E-state index contributed by atoms with van der Waals surface area (Å²) >= 11 is 12.5. The SMILES string of the molecule is Cc1c(C(C)CNCCC(F)(F)F)cc(N(C)[C@@H](O)C2[C@@H](c3ccc(F)c(Cl)c3)C2(C)Cl)cc1C(F)(F)F. The van der Waals surface area contributed by atoms with Crippen LogP contribution < -0.4 is 10.2 Å². The number of aliphatic hydroxyl groups is 1. The third-order valence-corrected chi connectivity index (χ3v) is 8.02. The van der Waals surface area contributed by atoms with Gasteiger partial charge >= 0.3 is 12.4 Å². The zero-order chi connectivity index (χ0) is 28.8. The van der Waals surface area contributed by atoms with Crippen molar-refractivity contribution < 1.29 is 35.8 Å². The third-order valence-electron chi connectivity index (χ3n) is 7.24. The van der Waals surface area contributed by atoms with Crippen molar-refractivity contribution in [3.63, 3.8) is 0 Å². The van der Waals surface area contributed by atoms with E-state index < -0.39 is 59.0 Å². The summed E-state index contributed by atoms with van der Waals surface area (Å²) in [4.78, 5) is 0.323. The van der Waals surface area contributed by atoms with E-state index in [-0.39, 0.29) is 29.4 Å². The Morgan fingerprint density at radius 1 is 1.13 bits per heavy atom. The largest absolute Gasteiger partial charge is 0.416 e. The minimum atomic E-state index is -4.70. The zero-order valence-corrected chi connectivity index (χ0v) is 22.6. The van der Waals surface area contributed by atoms with E-state index in [4.69, 9.17) is 23.2 Å². The van der Waals surface area contributed by atoms with Crippen molar-refractivity contribution >= 4 is 28.9 Å². The van der Waals surface area contributed by atoms with Crippen molar-refractivity contribution in [3.05, 3.63) is 63.4 Å². The van der Waals surface area contributed by atoms with Crippen LogP contribution in [0.1, 0.15) is 54.4 Å². The molecule has 3 nitrogen and oxygen atoms in total. The molecule has 0 aliphatic heterocycles.